The summed E-state index contributed by atoms with van der Waals surface area (Å²) in [7, 11) is 0. The molecule has 4 heterocycles. The lowest BCUT2D eigenvalue weighted by Gasteiger charge is -2.46. The zero-order valence-corrected chi connectivity index (χ0v) is 20.6. The van der Waals surface area contributed by atoms with E-state index >= 15 is 4.39 Å². The van der Waals surface area contributed by atoms with Crippen LogP contribution in [0.25, 0.3) is 22.5 Å². The third-order valence-corrected chi connectivity index (χ3v) is 7.89. The Labute approximate surface area is 212 Å². The second kappa shape index (κ2) is 9.51. The lowest BCUT2D eigenvalue weighted by atomic mass is 9.82. The maximum absolute atomic E-state index is 15.4. The first-order chi connectivity index (χ1) is 17.5. The van der Waals surface area contributed by atoms with E-state index in [1.165, 1.54) is 17.8 Å². The Kier molecular flexibility index (Phi) is 6.20. The number of nitrogens with zero attached hydrogens (tertiary/aromatic N) is 6. The average molecular weight is 512 g/mol. The van der Waals surface area contributed by atoms with Crippen LogP contribution in [0.15, 0.2) is 35.7 Å². The van der Waals surface area contributed by atoms with Crippen molar-refractivity contribution in [3.8, 4) is 28.3 Å². The fourth-order valence-electron chi connectivity index (χ4n) is 5.44. The zero-order valence-electron chi connectivity index (χ0n) is 19.8. The van der Waals surface area contributed by atoms with Crippen molar-refractivity contribution in [1.29, 1.82) is 0 Å². The molecule has 188 valence electrons. The van der Waals surface area contributed by atoms with Crippen LogP contribution in [0, 0.1) is 5.82 Å². The maximum Gasteiger partial charge on any atom is 0.245 e. The van der Waals surface area contributed by atoms with Gasteiger partial charge < -0.3 is 15.3 Å². The van der Waals surface area contributed by atoms with Crippen molar-refractivity contribution in [3.05, 3.63) is 36.4 Å². The predicted octanol–water partition coefficient (Wildman–Crippen LogP) is 4.15. The number of aromatic hydroxyl groups is 1. The molecule has 0 unspecified atom stereocenters. The van der Waals surface area contributed by atoms with Gasteiger partial charge in [0.15, 0.2) is 11.0 Å². The van der Waals surface area contributed by atoms with Gasteiger partial charge in [-0.05, 0) is 50.5 Å². The Balaban J connectivity index is 1.26. The number of halogens is 2. The van der Waals surface area contributed by atoms with Crippen LogP contribution in [0.4, 0.5) is 14.7 Å². The molecule has 4 atom stereocenters. The van der Waals surface area contributed by atoms with Crippen LogP contribution in [0.2, 0.25) is 0 Å². The number of piperidine rings is 2. The summed E-state index contributed by atoms with van der Waals surface area (Å²) in [6.45, 7) is 0. The fraction of sp³-hybridized carbons (Fsp3) is 0.480. The summed E-state index contributed by atoms with van der Waals surface area (Å²) >= 11 is 1.31. The standard InChI is InChI=1S/C25H27F2N7OS/c1-36-25-29-11-17(26)23(31-25)13-5-8-16(21(35)9-13)19-12-28-24(33-32-19)34(15-6-7-15)20-10-14-3-2-4-18(30-14)22(20)27/h5,8-9,11-12,14-15,18,20,22,30,35H,2-4,6-7,10H2,1H3/t14-,18-,20-,22+/m0/s1. The Morgan fingerprint density at radius 2 is 1.97 bits per heavy atom. The molecule has 8 nitrogen and oxygen atoms in total. The molecule has 1 aliphatic carbocycles. The van der Waals surface area contributed by atoms with E-state index in [0.29, 0.717) is 34.0 Å². The van der Waals surface area contributed by atoms with E-state index in [1.807, 2.05) is 11.2 Å². The first kappa shape index (κ1) is 23.5. The Hall–Kier alpha value is -2.92. The predicted molar refractivity (Wildman–Crippen MR) is 133 cm³/mol. The smallest absolute Gasteiger partial charge is 0.245 e. The first-order valence-electron chi connectivity index (χ1n) is 12.3. The number of phenols is 1. The minimum Gasteiger partial charge on any atom is -0.507 e. The number of aromatic nitrogens is 5. The second-order valence-electron chi connectivity index (χ2n) is 9.72. The topological polar surface area (TPSA) is 100.0 Å². The molecule has 2 bridgehead atoms. The summed E-state index contributed by atoms with van der Waals surface area (Å²) in [6.07, 6.45) is 9.23. The number of fused-ring (bicyclic) bond motifs is 2. The van der Waals surface area contributed by atoms with Crippen LogP contribution >= 0.6 is 11.8 Å². The molecule has 2 N–H and O–H groups in total. The highest BCUT2D eigenvalue weighted by atomic mass is 32.2. The van der Waals surface area contributed by atoms with Gasteiger partial charge in [-0.3, -0.25) is 0 Å². The summed E-state index contributed by atoms with van der Waals surface area (Å²) in [5.74, 6) is -0.231. The van der Waals surface area contributed by atoms with E-state index in [2.05, 4.69) is 30.5 Å². The molecule has 1 aromatic carbocycles. The molecule has 11 heteroatoms. The van der Waals surface area contributed by atoms with Crippen LogP contribution in [-0.4, -0.2) is 66.9 Å². The fourth-order valence-corrected chi connectivity index (χ4v) is 5.78. The minimum atomic E-state index is -0.976. The SMILES string of the molecule is CSc1ncc(F)c(-c2ccc(-c3cnc(N(C4CC4)[C@H]4C[C@@H]5CCC[C@H](N5)[C@H]4F)nn3)c(O)c2)n1. The zero-order chi connectivity index (χ0) is 24.8. The first-order valence-corrected chi connectivity index (χ1v) is 13.5. The van der Waals surface area contributed by atoms with E-state index in [4.69, 9.17) is 0 Å². The monoisotopic (exact) mass is 511 g/mol. The van der Waals surface area contributed by atoms with E-state index in [1.54, 1.807) is 18.3 Å². The molecule has 2 aliphatic heterocycles. The van der Waals surface area contributed by atoms with Gasteiger partial charge in [0.1, 0.15) is 23.3 Å². The summed E-state index contributed by atoms with van der Waals surface area (Å²) in [4.78, 5) is 14.7. The molecular weight excluding hydrogens is 484 g/mol. The minimum absolute atomic E-state index is 0.0888. The molecule has 36 heavy (non-hydrogen) atoms. The Morgan fingerprint density at radius 1 is 1.11 bits per heavy atom. The molecule has 6 rings (SSSR count). The van der Waals surface area contributed by atoms with E-state index in [9.17, 15) is 9.50 Å². The van der Waals surface area contributed by atoms with Gasteiger partial charge in [-0.2, -0.15) is 0 Å². The third-order valence-electron chi connectivity index (χ3n) is 7.33. The number of phenolic OH excluding ortho intramolecular Hbond substituents is 1. The summed E-state index contributed by atoms with van der Waals surface area (Å²) in [5.41, 5.74) is 1.34. The Morgan fingerprint density at radius 3 is 2.69 bits per heavy atom. The molecule has 1 saturated carbocycles. The number of rotatable bonds is 6. The summed E-state index contributed by atoms with van der Waals surface area (Å²) in [6, 6.07) is 4.94. The largest absolute Gasteiger partial charge is 0.507 e. The number of anilines is 1. The van der Waals surface area contributed by atoms with Gasteiger partial charge in [-0.25, -0.2) is 23.7 Å². The van der Waals surface area contributed by atoms with Crippen LogP contribution in [0.3, 0.4) is 0 Å². The quantitative estimate of drug-likeness (QED) is 0.373. The van der Waals surface area contributed by atoms with Crippen molar-refractivity contribution >= 4 is 17.7 Å². The van der Waals surface area contributed by atoms with Crippen LogP contribution in [0.5, 0.6) is 5.75 Å². The molecule has 0 amide bonds. The van der Waals surface area contributed by atoms with Gasteiger partial charge in [0.05, 0.1) is 18.4 Å². The summed E-state index contributed by atoms with van der Waals surface area (Å²) < 4.78 is 29.8. The number of nitrogens with one attached hydrogen (secondary N) is 1. The van der Waals surface area contributed by atoms with Crippen molar-refractivity contribution < 1.29 is 13.9 Å². The van der Waals surface area contributed by atoms with Crippen molar-refractivity contribution in [1.82, 2.24) is 30.5 Å². The van der Waals surface area contributed by atoms with Gasteiger partial charge in [-0.15, -0.1) is 10.2 Å². The maximum atomic E-state index is 15.4. The number of alkyl halides is 1. The van der Waals surface area contributed by atoms with Crippen molar-refractivity contribution in [2.24, 2.45) is 0 Å². The normalized spacial score (nSPS) is 25.5. The number of thioether (sulfide) groups is 1. The summed E-state index contributed by atoms with van der Waals surface area (Å²) in [5, 5.41) is 23.3. The second-order valence-corrected chi connectivity index (χ2v) is 10.5. The molecule has 2 saturated heterocycles. The van der Waals surface area contributed by atoms with Gasteiger partial charge in [0.25, 0.3) is 0 Å². The molecule has 3 fully saturated rings. The molecular formula is C25H27F2N7OS. The van der Waals surface area contributed by atoms with Crippen LogP contribution < -0.4 is 10.2 Å². The third kappa shape index (κ3) is 4.39. The lowest BCUT2D eigenvalue weighted by molar-refractivity contribution is 0.103. The highest BCUT2D eigenvalue weighted by molar-refractivity contribution is 7.98. The number of hydrogen-bond acceptors (Lipinski definition) is 9. The van der Waals surface area contributed by atoms with Crippen molar-refractivity contribution in [2.75, 3.05) is 11.2 Å². The van der Waals surface area contributed by atoms with Gasteiger partial charge in [-0.1, -0.05) is 24.2 Å². The number of benzene rings is 1. The van der Waals surface area contributed by atoms with Crippen molar-refractivity contribution in [3.63, 3.8) is 0 Å². The Bertz CT molecular complexity index is 1260. The van der Waals surface area contributed by atoms with E-state index in [-0.39, 0.29) is 29.6 Å². The molecule has 0 radical (unpaired) electrons. The van der Waals surface area contributed by atoms with Gasteiger partial charge in [0.2, 0.25) is 5.95 Å². The van der Waals surface area contributed by atoms with Gasteiger partial charge >= 0.3 is 0 Å². The van der Waals surface area contributed by atoms with E-state index < -0.39 is 12.0 Å². The number of hydrogen-bond donors (Lipinski definition) is 2. The van der Waals surface area contributed by atoms with Gasteiger partial charge in [0, 0.05) is 29.3 Å². The molecule has 0 spiro atoms. The molecule has 3 aromatic rings. The van der Waals surface area contributed by atoms with E-state index in [0.717, 1.165) is 44.7 Å². The highest BCUT2D eigenvalue weighted by Crippen LogP contribution is 2.39. The average Bonchev–Trinajstić information content (AvgIpc) is 3.73. The molecule has 2 aromatic heterocycles. The molecule has 3 aliphatic rings. The van der Waals surface area contributed by atoms with Crippen LogP contribution in [0.1, 0.15) is 38.5 Å². The van der Waals surface area contributed by atoms with Crippen LogP contribution in [-0.2, 0) is 0 Å². The van der Waals surface area contributed by atoms with Crippen molar-refractivity contribution in [2.45, 2.75) is 74.0 Å². The lowest BCUT2D eigenvalue weighted by Crippen LogP contribution is -2.62. The highest BCUT2D eigenvalue weighted by Gasteiger charge is 2.47.